The van der Waals surface area contributed by atoms with Crippen molar-refractivity contribution < 1.29 is 13.9 Å². The van der Waals surface area contributed by atoms with Gasteiger partial charge in [-0.15, -0.1) is 0 Å². The van der Waals surface area contributed by atoms with Crippen LogP contribution in [0.25, 0.3) is 0 Å². The van der Waals surface area contributed by atoms with Gasteiger partial charge in [-0.25, -0.2) is 4.39 Å². The van der Waals surface area contributed by atoms with Crippen molar-refractivity contribution in [2.24, 2.45) is 0 Å². The third-order valence-electron chi connectivity index (χ3n) is 3.48. The van der Waals surface area contributed by atoms with Gasteiger partial charge in [-0.05, 0) is 46.7 Å². The number of fused-ring (bicyclic) bond motifs is 1. The Morgan fingerprint density at radius 2 is 1.90 bits per heavy atom. The molecule has 3 nitrogen and oxygen atoms in total. The molecule has 0 aliphatic carbocycles. The van der Waals surface area contributed by atoms with E-state index in [0.717, 1.165) is 11.3 Å². The molecular weight excluding hydrogens is 337 g/mol. The zero-order chi connectivity index (χ0) is 14.8. The molecule has 3 rings (SSSR count). The zero-order valence-electron chi connectivity index (χ0n) is 11.5. The molecule has 0 spiro atoms. The summed E-state index contributed by atoms with van der Waals surface area (Å²) >= 11 is 3.23. The van der Waals surface area contributed by atoms with E-state index in [2.05, 4.69) is 21.2 Å². The summed E-state index contributed by atoms with van der Waals surface area (Å²) in [5.41, 5.74) is 1.52. The van der Waals surface area contributed by atoms with Crippen molar-refractivity contribution in [3.8, 4) is 11.5 Å². The minimum atomic E-state index is -0.258. The monoisotopic (exact) mass is 351 g/mol. The number of ether oxygens (including phenoxy) is 2. The lowest BCUT2D eigenvalue weighted by Gasteiger charge is -2.22. The van der Waals surface area contributed by atoms with Gasteiger partial charge in [0.15, 0.2) is 11.5 Å². The highest BCUT2D eigenvalue weighted by atomic mass is 79.9. The molecule has 0 aromatic heterocycles. The number of hydrogen-bond acceptors (Lipinski definition) is 3. The molecule has 1 N–H and O–H groups in total. The summed E-state index contributed by atoms with van der Waals surface area (Å²) < 4.78 is 25.9. The molecule has 1 heterocycles. The van der Waals surface area contributed by atoms with Gasteiger partial charge >= 0.3 is 0 Å². The van der Waals surface area contributed by atoms with E-state index in [9.17, 15) is 4.39 Å². The van der Waals surface area contributed by atoms with Gasteiger partial charge in [0.1, 0.15) is 19.0 Å². The second-order valence-corrected chi connectivity index (χ2v) is 5.62. The lowest BCUT2D eigenvalue weighted by atomic mass is 9.98. The van der Waals surface area contributed by atoms with Crippen LogP contribution in [0.4, 0.5) is 4.39 Å². The smallest absolute Gasteiger partial charge is 0.161 e. The Bertz CT molecular complexity index is 663. The van der Waals surface area contributed by atoms with Gasteiger partial charge in [0, 0.05) is 5.56 Å². The minimum Gasteiger partial charge on any atom is -0.486 e. The zero-order valence-corrected chi connectivity index (χ0v) is 13.1. The van der Waals surface area contributed by atoms with E-state index in [1.54, 1.807) is 12.1 Å². The van der Waals surface area contributed by atoms with Crippen LogP contribution >= 0.6 is 15.9 Å². The van der Waals surface area contributed by atoms with Crippen LogP contribution in [-0.4, -0.2) is 20.3 Å². The predicted molar refractivity (Wildman–Crippen MR) is 82.4 cm³/mol. The maximum Gasteiger partial charge on any atom is 0.161 e. The number of halogens is 2. The van der Waals surface area contributed by atoms with Gasteiger partial charge in [0.25, 0.3) is 0 Å². The Morgan fingerprint density at radius 1 is 1.14 bits per heavy atom. The normalized spacial score (nSPS) is 14.8. The van der Waals surface area contributed by atoms with Gasteiger partial charge in [0.05, 0.1) is 10.5 Å². The van der Waals surface area contributed by atoms with E-state index >= 15 is 0 Å². The van der Waals surface area contributed by atoms with Crippen molar-refractivity contribution in [2.75, 3.05) is 20.3 Å². The second-order valence-electron chi connectivity index (χ2n) is 4.77. The summed E-state index contributed by atoms with van der Waals surface area (Å²) in [4.78, 5) is 0. The average molecular weight is 352 g/mol. The lowest BCUT2D eigenvalue weighted by molar-refractivity contribution is 0.171. The van der Waals surface area contributed by atoms with Gasteiger partial charge in [-0.3, -0.25) is 0 Å². The van der Waals surface area contributed by atoms with Crippen LogP contribution in [0.2, 0.25) is 0 Å². The second kappa shape index (κ2) is 6.03. The lowest BCUT2D eigenvalue weighted by Crippen LogP contribution is -2.20. The van der Waals surface area contributed by atoms with Crippen molar-refractivity contribution in [3.05, 3.63) is 57.8 Å². The van der Waals surface area contributed by atoms with Crippen LogP contribution in [0.1, 0.15) is 17.2 Å². The summed E-state index contributed by atoms with van der Waals surface area (Å²) in [5.74, 6) is 1.18. The Labute approximate surface area is 131 Å². The number of hydrogen-bond donors (Lipinski definition) is 1. The van der Waals surface area contributed by atoms with Gasteiger partial charge in [0.2, 0.25) is 0 Å². The molecule has 5 heteroatoms. The molecule has 0 bridgehead atoms. The maximum atomic E-state index is 14.3. The standard InChI is InChI=1S/C16H15BrFNO2/c1-19-16(11-3-2-4-12(17)15(11)18)10-5-6-13-14(9-10)21-8-7-20-13/h2-6,9,16,19H,7-8H2,1H3. The highest BCUT2D eigenvalue weighted by Gasteiger charge is 2.20. The molecule has 0 radical (unpaired) electrons. The van der Waals surface area contributed by atoms with Crippen LogP contribution in [0.5, 0.6) is 11.5 Å². The summed E-state index contributed by atoms with van der Waals surface area (Å²) in [6.07, 6.45) is 0. The maximum absolute atomic E-state index is 14.3. The van der Waals surface area contributed by atoms with E-state index in [-0.39, 0.29) is 11.9 Å². The quantitative estimate of drug-likeness (QED) is 0.915. The van der Waals surface area contributed by atoms with Gasteiger partial charge < -0.3 is 14.8 Å². The molecule has 21 heavy (non-hydrogen) atoms. The van der Waals surface area contributed by atoms with Crippen LogP contribution in [0.15, 0.2) is 40.9 Å². The van der Waals surface area contributed by atoms with Crippen molar-refractivity contribution in [1.29, 1.82) is 0 Å². The third kappa shape index (κ3) is 2.76. The number of rotatable bonds is 3. The van der Waals surface area contributed by atoms with E-state index in [0.29, 0.717) is 29.0 Å². The first-order valence-corrected chi connectivity index (χ1v) is 7.50. The van der Waals surface area contributed by atoms with E-state index in [4.69, 9.17) is 9.47 Å². The van der Waals surface area contributed by atoms with E-state index < -0.39 is 0 Å². The van der Waals surface area contributed by atoms with Crippen LogP contribution < -0.4 is 14.8 Å². The molecule has 1 atom stereocenters. The highest BCUT2D eigenvalue weighted by Crippen LogP contribution is 2.35. The van der Waals surface area contributed by atoms with Crippen LogP contribution in [0, 0.1) is 5.82 Å². The first kappa shape index (κ1) is 14.4. The molecule has 0 amide bonds. The highest BCUT2D eigenvalue weighted by molar-refractivity contribution is 9.10. The largest absolute Gasteiger partial charge is 0.486 e. The fraction of sp³-hybridized carbons (Fsp3) is 0.250. The predicted octanol–water partition coefficient (Wildman–Crippen LogP) is 3.67. The van der Waals surface area contributed by atoms with Crippen LogP contribution in [-0.2, 0) is 0 Å². The fourth-order valence-electron chi connectivity index (χ4n) is 2.48. The van der Waals surface area contributed by atoms with Crippen molar-refractivity contribution in [2.45, 2.75) is 6.04 Å². The summed E-state index contributed by atoms with van der Waals surface area (Å²) in [6.45, 7) is 1.09. The Kier molecular flexibility index (Phi) is 4.12. The molecule has 1 unspecified atom stereocenters. The summed E-state index contributed by atoms with van der Waals surface area (Å²) in [7, 11) is 1.81. The van der Waals surface area contributed by atoms with Crippen molar-refractivity contribution >= 4 is 15.9 Å². The van der Waals surface area contributed by atoms with Gasteiger partial charge in [-0.2, -0.15) is 0 Å². The fourth-order valence-corrected chi connectivity index (χ4v) is 2.87. The molecule has 0 fully saturated rings. The van der Waals surface area contributed by atoms with Gasteiger partial charge in [-0.1, -0.05) is 18.2 Å². The molecule has 1 aliphatic rings. The SMILES string of the molecule is CNC(c1ccc2c(c1)OCCO2)c1cccc(Br)c1F. The average Bonchev–Trinajstić information content (AvgIpc) is 2.52. The first-order chi connectivity index (χ1) is 10.2. The van der Waals surface area contributed by atoms with Crippen molar-refractivity contribution in [1.82, 2.24) is 5.32 Å². The van der Waals surface area contributed by atoms with Crippen molar-refractivity contribution in [3.63, 3.8) is 0 Å². The van der Waals surface area contributed by atoms with Crippen LogP contribution in [0.3, 0.4) is 0 Å². The minimum absolute atomic E-state index is 0.252. The molecule has 0 saturated carbocycles. The number of nitrogens with one attached hydrogen (secondary N) is 1. The summed E-state index contributed by atoms with van der Waals surface area (Å²) in [6, 6.07) is 10.7. The Morgan fingerprint density at radius 3 is 2.67 bits per heavy atom. The molecule has 0 saturated heterocycles. The topological polar surface area (TPSA) is 30.5 Å². The Hall–Kier alpha value is -1.59. The molecule has 2 aromatic rings. The molecule has 2 aromatic carbocycles. The number of benzene rings is 2. The summed E-state index contributed by atoms with van der Waals surface area (Å²) in [5, 5.41) is 3.15. The molecule has 1 aliphatic heterocycles. The first-order valence-electron chi connectivity index (χ1n) is 6.71. The molecule has 110 valence electrons. The molecular formula is C16H15BrFNO2. The van der Waals surface area contributed by atoms with E-state index in [1.165, 1.54) is 0 Å². The Balaban J connectivity index is 2.02. The van der Waals surface area contributed by atoms with E-state index in [1.807, 2.05) is 31.3 Å². The third-order valence-corrected chi connectivity index (χ3v) is 4.09.